The van der Waals surface area contributed by atoms with Gasteiger partial charge in [-0.2, -0.15) is 0 Å². The van der Waals surface area contributed by atoms with Crippen molar-refractivity contribution in [1.82, 2.24) is 0 Å². The molecule has 1 saturated carbocycles. The first-order valence-electron chi connectivity index (χ1n) is 8.87. The van der Waals surface area contributed by atoms with E-state index in [1.165, 1.54) is 11.1 Å². The molecular formula is C22H28O. The van der Waals surface area contributed by atoms with Gasteiger partial charge in [0.15, 0.2) is 0 Å². The molecule has 0 spiro atoms. The summed E-state index contributed by atoms with van der Waals surface area (Å²) in [5, 5.41) is 11.7. The summed E-state index contributed by atoms with van der Waals surface area (Å²) in [6, 6.07) is 19.0. The standard InChI is InChI=1S/C22H28O/c1-4-21(5-2)15-20(18-13-11-17(3)12-14-18)22(23,16-21)19-9-7-6-8-10-19/h6-14,20,23H,4-5,15-16H2,1-3H3/t20-,22+/m0/s1. The van der Waals surface area contributed by atoms with Crippen LogP contribution < -0.4 is 0 Å². The molecule has 0 aromatic heterocycles. The number of hydrogen-bond acceptors (Lipinski definition) is 1. The van der Waals surface area contributed by atoms with Crippen molar-refractivity contribution >= 4 is 0 Å². The molecule has 1 heteroatoms. The zero-order valence-electron chi connectivity index (χ0n) is 14.5. The maximum Gasteiger partial charge on any atom is 0.0970 e. The molecule has 0 bridgehead atoms. The van der Waals surface area contributed by atoms with Gasteiger partial charge in [-0.15, -0.1) is 0 Å². The fourth-order valence-corrected chi connectivity index (χ4v) is 4.38. The third-order valence-electron chi connectivity index (χ3n) is 6.11. The van der Waals surface area contributed by atoms with E-state index in [1.54, 1.807) is 0 Å². The van der Waals surface area contributed by atoms with Gasteiger partial charge in [-0.1, -0.05) is 86.8 Å². The van der Waals surface area contributed by atoms with E-state index < -0.39 is 5.60 Å². The summed E-state index contributed by atoms with van der Waals surface area (Å²) in [6.45, 7) is 6.66. The normalized spacial score (nSPS) is 26.3. The van der Waals surface area contributed by atoms with E-state index in [2.05, 4.69) is 57.2 Å². The Morgan fingerprint density at radius 1 is 0.957 bits per heavy atom. The number of hydrogen-bond donors (Lipinski definition) is 1. The van der Waals surface area contributed by atoms with Gasteiger partial charge in [0.25, 0.3) is 0 Å². The maximum absolute atomic E-state index is 11.7. The molecule has 0 saturated heterocycles. The smallest absolute Gasteiger partial charge is 0.0970 e. The lowest BCUT2D eigenvalue weighted by Crippen LogP contribution is -2.29. The van der Waals surface area contributed by atoms with Crippen LogP contribution in [0.3, 0.4) is 0 Å². The molecular weight excluding hydrogens is 280 g/mol. The molecule has 0 heterocycles. The third kappa shape index (κ3) is 2.83. The first kappa shape index (κ1) is 16.3. The molecule has 3 rings (SSSR count). The Morgan fingerprint density at radius 3 is 2.13 bits per heavy atom. The van der Waals surface area contributed by atoms with E-state index >= 15 is 0 Å². The minimum atomic E-state index is -0.761. The summed E-state index contributed by atoms with van der Waals surface area (Å²) in [4.78, 5) is 0. The molecule has 122 valence electrons. The summed E-state index contributed by atoms with van der Waals surface area (Å²) in [5.41, 5.74) is 3.08. The average Bonchev–Trinajstić information content (AvgIpc) is 2.91. The monoisotopic (exact) mass is 308 g/mol. The van der Waals surface area contributed by atoms with Crippen LogP contribution in [0.5, 0.6) is 0 Å². The Kier molecular flexibility index (Phi) is 4.33. The van der Waals surface area contributed by atoms with E-state index in [1.807, 2.05) is 18.2 Å². The second-order valence-electron chi connectivity index (χ2n) is 7.34. The highest BCUT2D eigenvalue weighted by molar-refractivity contribution is 5.35. The topological polar surface area (TPSA) is 20.2 Å². The summed E-state index contributed by atoms with van der Waals surface area (Å²) >= 11 is 0. The van der Waals surface area contributed by atoms with Crippen LogP contribution >= 0.6 is 0 Å². The van der Waals surface area contributed by atoms with Crippen LogP contribution in [-0.2, 0) is 5.60 Å². The van der Waals surface area contributed by atoms with E-state index in [-0.39, 0.29) is 11.3 Å². The lowest BCUT2D eigenvalue weighted by Gasteiger charge is -2.32. The first-order chi connectivity index (χ1) is 11.0. The van der Waals surface area contributed by atoms with Gasteiger partial charge in [-0.3, -0.25) is 0 Å². The van der Waals surface area contributed by atoms with Gasteiger partial charge in [-0.25, -0.2) is 0 Å². The van der Waals surface area contributed by atoms with Gasteiger partial charge < -0.3 is 5.11 Å². The predicted octanol–water partition coefficient (Wildman–Crippen LogP) is 5.57. The van der Waals surface area contributed by atoms with Gasteiger partial charge in [0.1, 0.15) is 0 Å². The van der Waals surface area contributed by atoms with Crippen LogP contribution in [0, 0.1) is 12.3 Å². The Hall–Kier alpha value is -1.60. The highest BCUT2D eigenvalue weighted by atomic mass is 16.3. The first-order valence-corrected chi connectivity index (χ1v) is 8.87. The van der Waals surface area contributed by atoms with Gasteiger partial charge in [0.05, 0.1) is 5.60 Å². The number of benzene rings is 2. The fraction of sp³-hybridized carbons (Fsp3) is 0.455. The van der Waals surface area contributed by atoms with Crippen LogP contribution in [0.25, 0.3) is 0 Å². The number of rotatable bonds is 4. The second-order valence-corrected chi connectivity index (χ2v) is 7.34. The second kappa shape index (κ2) is 6.13. The lowest BCUT2D eigenvalue weighted by atomic mass is 9.78. The van der Waals surface area contributed by atoms with Crippen LogP contribution in [0.2, 0.25) is 0 Å². The quantitative estimate of drug-likeness (QED) is 0.783. The molecule has 1 aliphatic carbocycles. The fourth-order valence-electron chi connectivity index (χ4n) is 4.38. The van der Waals surface area contributed by atoms with Crippen molar-refractivity contribution in [1.29, 1.82) is 0 Å². The Bertz CT molecular complexity index is 639. The molecule has 1 aliphatic rings. The van der Waals surface area contributed by atoms with Crippen molar-refractivity contribution < 1.29 is 5.11 Å². The predicted molar refractivity (Wildman–Crippen MR) is 96.5 cm³/mol. The largest absolute Gasteiger partial charge is 0.385 e. The Balaban J connectivity index is 2.08. The van der Waals surface area contributed by atoms with Crippen LogP contribution in [-0.4, -0.2) is 5.11 Å². The van der Waals surface area contributed by atoms with E-state index in [9.17, 15) is 5.11 Å². The third-order valence-corrected chi connectivity index (χ3v) is 6.11. The SMILES string of the molecule is CCC1(CC)C[C@@H](c2ccc(C)cc2)[C@](O)(c2ccccc2)C1. The summed E-state index contributed by atoms with van der Waals surface area (Å²) in [7, 11) is 0. The zero-order valence-corrected chi connectivity index (χ0v) is 14.5. The summed E-state index contributed by atoms with van der Waals surface area (Å²) in [5.74, 6) is 0.172. The van der Waals surface area contributed by atoms with Gasteiger partial charge >= 0.3 is 0 Å². The molecule has 2 atom stereocenters. The van der Waals surface area contributed by atoms with E-state index in [0.717, 1.165) is 31.2 Å². The molecule has 23 heavy (non-hydrogen) atoms. The van der Waals surface area contributed by atoms with E-state index in [4.69, 9.17) is 0 Å². The van der Waals surface area contributed by atoms with E-state index in [0.29, 0.717) is 0 Å². The van der Waals surface area contributed by atoms with Crippen LogP contribution in [0.4, 0.5) is 0 Å². The lowest BCUT2D eigenvalue weighted by molar-refractivity contribution is 0.0142. The van der Waals surface area contributed by atoms with Crippen molar-refractivity contribution in [2.24, 2.45) is 5.41 Å². The zero-order chi connectivity index (χ0) is 16.5. The molecule has 0 aliphatic heterocycles. The van der Waals surface area contributed by atoms with Crippen molar-refractivity contribution in [3.05, 3.63) is 71.3 Å². The average molecular weight is 308 g/mol. The van der Waals surface area contributed by atoms with Crippen LogP contribution in [0.15, 0.2) is 54.6 Å². The molecule has 1 N–H and O–H groups in total. The summed E-state index contributed by atoms with van der Waals surface area (Å²) < 4.78 is 0. The molecule has 0 unspecified atom stereocenters. The van der Waals surface area contributed by atoms with Crippen molar-refractivity contribution in [3.8, 4) is 0 Å². The summed E-state index contributed by atoms with van der Waals surface area (Å²) in [6.07, 6.45) is 4.17. The molecule has 2 aromatic rings. The van der Waals surface area contributed by atoms with Gasteiger partial charge in [0, 0.05) is 5.92 Å². The number of aryl methyl sites for hydroxylation is 1. The molecule has 0 amide bonds. The minimum Gasteiger partial charge on any atom is -0.385 e. The molecule has 0 radical (unpaired) electrons. The molecule has 2 aromatic carbocycles. The van der Waals surface area contributed by atoms with Crippen molar-refractivity contribution in [2.45, 2.75) is 58.0 Å². The highest BCUT2D eigenvalue weighted by Gasteiger charge is 2.53. The molecule has 1 nitrogen and oxygen atoms in total. The van der Waals surface area contributed by atoms with Gasteiger partial charge in [0.2, 0.25) is 0 Å². The minimum absolute atomic E-state index is 0.172. The van der Waals surface area contributed by atoms with Crippen molar-refractivity contribution in [2.75, 3.05) is 0 Å². The molecule has 1 fully saturated rings. The Labute approximate surface area is 140 Å². The number of aliphatic hydroxyl groups is 1. The maximum atomic E-state index is 11.7. The van der Waals surface area contributed by atoms with Gasteiger partial charge in [-0.05, 0) is 36.3 Å². The van der Waals surface area contributed by atoms with Crippen molar-refractivity contribution in [3.63, 3.8) is 0 Å². The van der Waals surface area contributed by atoms with Crippen LogP contribution in [0.1, 0.15) is 62.1 Å². The Morgan fingerprint density at radius 2 is 1.57 bits per heavy atom. The highest BCUT2D eigenvalue weighted by Crippen LogP contribution is 2.59.